The molecule has 0 spiro atoms. The van der Waals surface area contributed by atoms with E-state index in [1.54, 1.807) is 0 Å². The standard InChI is InChI=1S/C20H25ClN4O2/c1-12(2)25-8-6-22-20(27)18(25)10-19(26)24-7-5-17-15(11-24)14-9-13(21)3-4-16(14)23-17/h3-4,9,12,18,23H,5-8,10-11H2,1-2H3,(H,22,27). The molecule has 1 unspecified atom stereocenters. The number of nitrogens with one attached hydrogen (secondary N) is 2. The molecule has 27 heavy (non-hydrogen) atoms. The highest BCUT2D eigenvalue weighted by Gasteiger charge is 2.35. The van der Waals surface area contributed by atoms with Crippen molar-refractivity contribution in [3.8, 4) is 0 Å². The molecular formula is C20H25ClN4O2. The number of benzene rings is 1. The Hall–Kier alpha value is -2.05. The fourth-order valence-electron chi connectivity index (χ4n) is 4.25. The average molecular weight is 389 g/mol. The van der Waals surface area contributed by atoms with Gasteiger partial charge in [0.05, 0.1) is 12.5 Å². The van der Waals surface area contributed by atoms with E-state index >= 15 is 0 Å². The summed E-state index contributed by atoms with van der Waals surface area (Å²) in [5.74, 6) is -0.00963. The van der Waals surface area contributed by atoms with Crippen LogP contribution in [0.3, 0.4) is 0 Å². The second kappa shape index (κ2) is 7.17. The van der Waals surface area contributed by atoms with Gasteiger partial charge in [0.2, 0.25) is 11.8 Å². The number of hydrogen-bond donors (Lipinski definition) is 2. The van der Waals surface area contributed by atoms with E-state index in [0.717, 1.165) is 29.4 Å². The second-order valence-corrected chi connectivity index (χ2v) is 8.12. The minimum absolute atomic E-state index is 0.0322. The number of fused-ring (bicyclic) bond motifs is 3. The molecule has 0 radical (unpaired) electrons. The number of H-pyrrole nitrogens is 1. The molecule has 144 valence electrons. The summed E-state index contributed by atoms with van der Waals surface area (Å²) in [5.41, 5.74) is 3.37. The van der Waals surface area contributed by atoms with Gasteiger partial charge in [0.15, 0.2) is 0 Å². The number of nitrogens with zero attached hydrogens (tertiary/aromatic N) is 2. The van der Waals surface area contributed by atoms with Crippen LogP contribution in [0.4, 0.5) is 0 Å². The molecular weight excluding hydrogens is 364 g/mol. The van der Waals surface area contributed by atoms with Crippen LogP contribution in [0, 0.1) is 0 Å². The summed E-state index contributed by atoms with van der Waals surface area (Å²) in [7, 11) is 0. The topological polar surface area (TPSA) is 68.4 Å². The molecule has 7 heteroatoms. The lowest BCUT2D eigenvalue weighted by atomic mass is 10.0. The predicted molar refractivity (Wildman–Crippen MR) is 106 cm³/mol. The van der Waals surface area contributed by atoms with Crippen LogP contribution in [0.25, 0.3) is 10.9 Å². The highest BCUT2D eigenvalue weighted by atomic mass is 35.5. The average Bonchev–Trinajstić information content (AvgIpc) is 3.00. The van der Waals surface area contributed by atoms with E-state index in [-0.39, 0.29) is 30.3 Å². The van der Waals surface area contributed by atoms with E-state index < -0.39 is 0 Å². The second-order valence-electron chi connectivity index (χ2n) is 7.68. The van der Waals surface area contributed by atoms with Gasteiger partial charge in [-0.1, -0.05) is 11.6 Å². The summed E-state index contributed by atoms with van der Waals surface area (Å²) in [5, 5.41) is 4.67. The first-order valence-corrected chi connectivity index (χ1v) is 9.92. The zero-order chi connectivity index (χ0) is 19.1. The normalized spacial score (nSPS) is 20.8. The van der Waals surface area contributed by atoms with E-state index in [1.165, 1.54) is 5.69 Å². The van der Waals surface area contributed by atoms with Crippen molar-refractivity contribution in [2.45, 2.75) is 45.3 Å². The maximum absolute atomic E-state index is 13.0. The third-order valence-electron chi connectivity index (χ3n) is 5.69. The summed E-state index contributed by atoms with van der Waals surface area (Å²) < 4.78 is 0. The molecule has 0 aliphatic carbocycles. The van der Waals surface area contributed by atoms with Crippen LogP contribution in [0.2, 0.25) is 5.02 Å². The van der Waals surface area contributed by atoms with Crippen LogP contribution in [-0.4, -0.2) is 58.3 Å². The quantitative estimate of drug-likeness (QED) is 0.847. The van der Waals surface area contributed by atoms with Gasteiger partial charge in [-0.05, 0) is 32.0 Å². The molecule has 2 N–H and O–H groups in total. The Morgan fingerprint density at radius 1 is 1.33 bits per heavy atom. The van der Waals surface area contributed by atoms with Crippen molar-refractivity contribution in [2.75, 3.05) is 19.6 Å². The van der Waals surface area contributed by atoms with Gasteiger partial charge in [-0.25, -0.2) is 0 Å². The highest BCUT2D eigenvalue weighted by Crippen LogP contribution is 2.30. The molecule has 1 saturated heterocycles. The van der Waals surface area contributed by atoms with Gasteiger partial charge in [0, 0.05) is 65.8 Å². The lowest BCUT2D eigenvalue weighted by molar-refractivity contribution is -0.140. The number of carbonyl (C=O) groups is 2. The molecule has 0 bridgehead atoms. The molecule has 6 nitrogen and oxygen atoms in total. The zero-order valence-electron chi connectivity index (χ0n) is 15.7. The molecule has 2 amide bonds. The Balaban J connectivity index is 1.53. The number of hydrogen-bond acceptors (Lipinski definition) is 3. The first kappa shape index (κ1) is 18.3. The van der Waals surface area contributed by atoms with Gasteiger partial charge in [-0.3, -0.25) is 14.5 Å². The van der Waals surface area contributed by atoms with Crippen LogP contribution in [0.5, 0.6) is 0 Å². The van der Waals surface area contributed by atoms with E-state index in [2.05, 4.69) is 29.0 Å². The Kier molecular flexibility index (Phi) is 4.86. The summed E-state index contributed by atoms with van der Waals surface area (Å²) in [4.78, 5) is 32.8. The van der Waals surface area contributed by atoms with E-state index in [0.29, 0.717) is 24.7 Å². The van der Waals surface area contributed by atoms with Crippen molar-refractivity contribution in [3.05, 3.63) is 34.5 Å². The largest absolute Gasteiger partial charge is 0.358 e. The first-order valence-electron chi connectivity index (χ1n) is 9.54. The zero-order valence-corrected chi connectivity index (χ0v) is 16.5. The van der Waals surface area contributed by atoms with Crippen molar-refractivity contribution in [1.82, 2.24) is 20.1 Å². The van der Waals surface area contributed by atoms with Gasteiger partial charge < -0.3 is 15.2 Å². The Labute approximate surface area is 163 Å². The fourth-order valence-corrected chi connectivity index (χ4v) is 4.43. The third kappa shape index (κ3) is 3.44. The number of aromatic nitrogens is 1. The summed E-state index contributed by atoms with van der Waals surface area (Å²) in [6.07, 6.45) is 1.01. The number of rotatable bonds is 3. The van der Waals surface area contributed by atoms with Crippen molar-refractivity contribution < 1.29 is 9.59 Å². The van der Waals surface area contributed by atoms with Gasteiger partial charge >= 0.3 is 0 Å². The Morgan fingerprint density at radius 2 is 2.15 bits per heavy atom. The van der Waals surface area contributed by atoms with E-state index in [4.69, 9.17) is 11.6 Å². The highest BCUT2D eigenvalue weighted by molar-refractivity contribution is 6.31. The lowest BCUT2D eigenvalue weighted by Crippen LogP contribution is -2.58. The Bertz CT molecular complexity index is 891. The van der Waals surface area contributed by atoms with E-state index in [9.17, 15) is 9.59 Å². The number of aromatic amines is 1. The van der Waals surface area contributed by atoms with Crippen LogP contribution in [0.1, 0.15) is 31.5 Å². The number of halogens is 1. The molecule has 1 aromatic carbocycles. The maximum Gasteiger partial charge on any atom is 0.237 e. The SMILES string of the molecule is CC(C)N1CCNC(=O)C1CC(=O)N1CCc2[nH]c3ccc(Cl)cc3c2C1. The number of piperazine rings is 1. The fraction of sp³-hybridized carbons (Fsp3) is 0.500. The van der Waals surface area contributed by atoms with Crippen LogP contribution in [-0.2, 0) is 22.6 Å². The molecule has 3 heterocycles. The molecule has 4 rings (SSSR count). The molecule has 0 saturated carbocycles. The van der Waals surface area contributed by atoms with Gasteiger partial charge in [-0.15, -0.1) is 0 Å². The van der Waals surface area contributed by atoms with Gasteiger partial charge in [0.1, 0.15) is 0 Å². The minimum Gasteiger partial charge on any atom is -0.358 e. The molecule has 2 aliphatic heterocycles. The van der Waals surface area contributed by atoms with Gasteiger partial charge in [-0.2, -0.15) is 0 Å². The van der Waals surface area contributed by atoms with E-state index in [1.807, 2.05) is 23.1 Å². The minimum atomic E-state index is -0.384. The molecule has 2 aliphatic rings. The van der Waals surface area contributed by atoms with Crippen molar-refractivity contribution in [1.29, 1.82) is 0 Å². The predicted octanol–water partition coefficient (Wildman–Crippen LogP) is 2.30. The summed E-state index contributed by atoms with van der Waals surface area (Å²) in [6.45, 7) is 6.79. The van der Waals surface area contributed by atoms with Crippen molar-refractivity contribution in [3.63, 3.8) is 0 Å². The van der Waals surface area contributed by atoms with Gasteiger partial charge in [0.25, 0.3) is 0 Å². The van der Waals surface area contributed by atoms with Crippen LogP contribution >= 0.6 is 11.6 Å². The monoisotopic (exact) mass is 388 g/mol. The van der Waals surface area contributed by atoms with Crippen LogP contribution in [0.15, 0.2) is 18.2 Å². The first-order chi connectivity index (χ1) is 12.9. The van der Waals surface area contributed by atoms with Crippen LogP contribution < -0.4 is 5.32 Å². The number of carbonyl (C=O) groups excluding carboxylic acids is 2. The van der Waals surface area contributed by atoms with Crippen molar-refractivity contribution >= 4 is 34.3 Å². The summed E-state index contributed by atoms with van der Waals surface area (Å²) in [6, 6.07) is 5.66. The lowest BCUT2D eigenvalue weighted by Gasteiger charge is -2.38. The molecule has 1 fully saturated rings. The smallest absolute Gasteiger partial charge is 0.237 e. The maximum atomic E-state index is 13.0. The van der Waals surface area contributed by atoms with Crippen molar-refractivity contribution in [2.24, 2.45) is 0 Å². The molecule has 2 aromatic rings. The summed E-state index contributed by atoms with van der Waals surface area (Å²) >= 11 is 6.16. The molecule has 1 aromatic heterocycles. The number of amides is 2. The third-order valence-corrected chi connectivity index (χ3v) is 5.93. The molecule has 1 atom stereocenters. The Morgan fingerprint density at radius 3 is 2.93 bits per heavy atom.